The lowest BCUT2D eigenvalue weighted by Gasteiger charge is -1.95. The fourth-order valence-electron chi connectivity index (χ4n) is 0.226. The molecule has 0 aliphatic heterocycles. The molecule has 0 aromatic rings. The molecule has 0 atom stereocenters. The van der Waals surface area contributed by atoms with Gasteiger partial charge in [-0.1, -0.05) is 12.2 Å². The molecule has 0 N–H and O–H groups in total. The Hall–Kier alpha value is 0.420. The first kappa shape index (κ1) is 9.42. The largest absolute Gasteiger partial charge is 0.367 e. The van der Waals surface area contributed by atoms with Gasteiger partial charge < -0.3 is 4.74 Å². The molecule has 0 spiro atoms. The van der Waals surface area contributed by atoms with E-state index in [1.165, 1.54) is 0 Å². The molecule has 5 heteroatoms. The minimum atomic E-state index is -0.306. The second kappa shape index (κ2) is 5.22. The molecule has 0 aliphatic carbocycles. The van der Waals surface area contributed by atoms with Crippen LogP contribution in [0.15, 0.2) is 0 Å². The monoisotopic (exact) mass is 182 g/mol. The molecule has 0 amide bonds. The summed E-state index contributed by atoms with van der Waals surface area (Å²) in [7, 11) is 0. The molecular formula is C4H6O2S3. The van der Waals surface area contributed by atoms with Crippen molar-refractivity contribution in [2.75, 3.05) is 13.2 Å². The van der Waals surface area contributed by atoms with Gasteiger partial charge in [0.1, 0.15) is 6.61 Å². The Balaban J connectivity index is 3.10. The molecule has 9 heavy (non-hydrogen) atoms. The van der Waals surface area contributed by atoms with Crippen molar-refractivity contribution in [3.63, 3.8) is 0 Å². The van der Waals surface area contributed by atoms with Gasteiger partial charge in [-0.3, -0.25) is 4.79 Å². The Morgan fingerprint density at radius 2 is 2.00 bits per heavy atom. The smallest absolute Gasteiger partial charge is 0.211 e. The summed E-state index contributed by atoms with van der Waals surface area (Å²) in [5.74, 6) is 0. The minimum Gasteiger partial charge on any atom is -0.367 e. The van der Waals surface area contributed by atoms with Crippen molar-refractivity contribution in [1.82, 2.24) is 0 Å². The van der Waals surface area contributed by atoms with Crippen LogP contribution in [0.2, 0.25) is 0 Å². The van der Waals surface area contributed by atoms with Crippen molar-refractivity contribution >= 4 is 46.8 Å². The van der Waals surface area contributed by atoms with E-state index in [1.54, 1.807) is 0 Å². The Morgan fingerprint density at radius 3 is 2.33 bits per heavy atom. The number of carbonyl (C=O) groups excluding carboxylic acids is 1. The van der Waals surface area contributed by atoms with Crippen LogP contribution in [-0.4, -0.2) is 22.5 Å². The highest BCUT2D eigenvalue weighted by Crippen LogP contribution is 1.87. The molecule has 0 aromatic heterocycles. The van der Waals surface area contributed by atoms with Gasteiger partial charge in [0, 0.05) is 0 Å². The lowest BCUT2D eigenvalue weighted by atomic mass is 10.8. The summed E-state index contributed by atoms with van der Waals surface area (Å²) in [5, 5.41) is -0.306. The molecule has 0 saturated heterocycles. The summed E-state index contributed by atoms with van der Waals surface area (Å²) in [6.07, 6.45) is 0. The van der Waals surface area contributed by atoms with Gasteiger partial charge in [0.2, 0.25) is 5.12 Å². The first-order chi connectivity index (χ1) is 4.13. The molecule has 0 aliphatic rings. The van der Waals surface area contributed by atoms with Crippen LogP contribution in [0.4, 0.5) is 0 Å². The van der Waals surface area contributed by atoms with E-state index in [2.05, 4.69) is 37.5 Å². The van der Waals surface area contributed by atoms with E-state index in [-0.39, 0.29) is 18.3 Å². The number of rotatable bonds is 4. The molecule has 52 valence electrons. The van der Waals surface area contributed by atoms with E-state index in [1.807, 2.05) is 0 Å². The van der Waals surface area contributed by atoms with Crippen LogP contribution in [0.25, 0.3) is 0 Å². The number of carbonyl (C=O) groups is 1. The van der Waals surface area contributed by atoms with E-state index in [4.69, 9.17) is 4.74 Å². The van der Waals surface area contributed by atoms with Crippen LogP contribution >= 0.6 is 37.5 Å². The lowest BCUT2D eigenvalue weighted by Crippen LogP contribution is -2.05. The van der Waals surface area contributed by atoms with Crippen molar-refractivity contribution in [2.45, 2.75) is 0 Å². The molecule has 0 heterocycles. The van der Waals surface area contributed by atoms with Gasteiger partial charge in [-0.15, -0.1) is 25.3 Å². The quantitative estimate of drug-likeness (QED) is 0.495. The molecule has 2 nitrogen and oxygen atoms in total. The molecular weight excluding hydrogens is 176 g/mol. The standard InChI is InChI=1S/C4H6O2S3/c5-3(7)1-6-2-4(8)9/h1-2H2,(H,5,7)(H,8,9). The first-order valence-electron chi connectivity index (χ1n) is 2.14. The Labute approximate surface area is 69.8 Å². The van der Waals surface area contributed by atoms with E-state index in [9.17, 15) is 4.79 Å². The molecule has 0 radical (unpaired) electrons. The number of thiol groups is 2. The highest BCUT2D eigenvalue weighted by Gasteiger charge is 1.93. The maximum absolute atomic E-state index is 10.1. The third kappa shape index (κ3) is 8.42. The second-order valence-electron chi connectivity index (χ2n) is 1.28. The summed E-state index contributed by atoms with van der Waals surface area (Å²) in [6.45, 7) is 0.217. The van der Waals surface area contributed by atoms with E-state index < -0.39 is 0 Å². The van der Waals surface area contributed by atoms with Gasteiger partial charge in [0.25, 0.3) is 0 Å². The summed E-state index contributed by atoms with van der Waals surface area (Å²) in [4.78, 5) is 10.1. The number of ether oxygens (including phenoxy) is 1. The van der Waals surface area contributed by atoms with Crippen LogP contribution in [0, 0.1) is 0 Å². The third-order valence-electron chi connectivity index (χ3n) is 0.451. The Kier molecular flexibility index (Phi) is 5.47. The van der Waals surface area contributed by atoms with E-state index >= 15 is 0 Å². The summed E-state index contributed by atoms with van der Waals surface area (Å²) < 4.78 is 5.15. The maximum atomic E-state index is 10.1. The van der Waals surface area contributed by atoms with Gasteiger partial charge in [-0.05, 0) is 0 Å². The number of hydrogen-bond donors (Lipinski definition) is 2. The van der Waals surface area contributed by atoms with Gasteiger partial charge in [0.05, 0.1) is 10.8 Å². The molecule has 0 bridgehead atoms. The molecule has 0 aromatic carbocycles. The maximum Gasteiger partial charge on any atom is 0.211 e. The zero-order chi connectivity index (χ0) is 7.28. The van der Waals surface area contributed by atoms with Crippen LogP contribution in [0.1, 0.15) is 0 Å². The van der Waals surface area contributed by atoms with E-state index in [0.29, 0.717) is 4.20 Å². The van der Waals surface area contributed by atoms with Crippen LogP contribution in [-0.2, 0) is 9.53 Å². The van der Waals surface area contributed by atoms with Gasteiger partial charge in [0.15, 0.2) is 0 Å². The zero-order valence-electron chi connectivity index (χ0n) is 4.53. The topological polar surface area (TPSA) is 26.3 Å². The van der Waals surface area contributed by atoms with E-state index in [0.717, 1.165) is 0 Å². The van der Waals surface area contributed by atoms with Crippen molar-refractivity contribution in [3.05, 3.63) is 0 Å². The van der Waals surface area contributed by atoms with Gasteiger partial charge >= 0.3 is 0 Å². The van der Waals surface area contributed by atoms with Gasteiger partial charge in [-0.2, -0.15) is 0 Å². The van der Waals surface area contributed by atoms with Crippen molar-refractivity contribution < 1.29 is 9.53 Å². The minimum absolute atomic E-state index is 0.0101. The first-order valence-corrected chi connectivity index (χ1v) is 3.44. The zero-order valence-corrected chi connectivity index (χ0v) is 7.14. The second-order valence-corrected chi connectivity index (χ2v) is 3.11. The highest BCUT2D eigenvalue weighted by atomic mass is 32.1. The molecule has 0 saturated carbocycles. The van der Waals surface area contributed by atoms with Crippen molar-refractivity contribution in [3.8, 4) is 0 Å². The van der Waals surface area contributed by atoms with Crippen molar-refractivity contribution in [1.29, 1.82) is 0 Å². The molecule has 0 rings (SSSR count). The molecule has 0 unspecified atom stereocenters. The highest BCUT2D eigenvalue weighted by molar-refractivity contribution is 8.11. The molecule has 0 fully saturated rings. The number of thiocarbonyl (C=S) groups is 1. The summed E-state index contributed by atoms with van der Waals surface area (Å²) >= 11 is 11.8. The van der Waals surface area contributed by atoms with Crippen LogP contribution < -0.4 is 0 Å². The predicted octanol–water partition coefficient (Wildman–Crippen LogP) is 0.717. The third-order valence-corrected chi connectivity index (χ3v) is 0.827. The number of hydrogen-bond acceptors (Lipinski definition) is 3. The fraction of sp³-hybridized carbons (Fsp3) is 0.500. The average molecular weight is 182 g/mol. The van der Waals surface area contributed by atoms with Crippen molar-refractivity contribution in [2.24, 2.45) is 0 Å². The normalized spacial score (nSPS) is 9.11. The van der Waals surface area contributed by atoms with Gasteiger partial charge in [-0.25, -0.2) is 0 Å². The Bertz CT molecular complexity index is 109. The van der Waals surface area contributed by atoms with Crippen LogP contribution in [0.3, 0.4) is 0 Å². The van der Waals surface area contributed by atoms with Crippen LogP contribution in [0.5, 0.6) is 0 Å². The lowest BCUT2D eigenvalue weighted by molar-refractivity contribution is -0.114. The average Bonchev–Trinajstić information content (AvgIpc) is 1.63. The fourth-order valence-corrected chi connectivity index (χ4v) is 0.492. The predicted molar refractivity (Wildman–Crippen MR) is 46.4 cm³/mol. The summed E-state index contributed by atoms with van der Waals surface area (Å²) in [6, 6.07) is 0. The summed E-state index contributed by atoms with van der Waals surface area (Å²) in [5.41, 5.74) is 0. The SMILES string of the molecule is O=C(S)COCC(=S)S. The Morgan fingerprint density at radius 1 is 1.44 bits per heavy atom.